The van der Waals surface area contributed by atoms with Crippen molar-refractivity contribution in [2.45, 2.75) is 18.0 Å². The molecule has 25 heavy (non-hydrogen) atoms. The van der Waals surface area contributed by atoms with Gasteiger partial charge in [0.25, 0.3) is 5.91 Å². The second kappa shape index (κ2) is 5.89. The summed E-state index contributed by atoms with van der Waals surface area (Å²) in [6, 6.07) is -1.41. The molecule has 2 atom stereocenters. The molecule has 3 heterocycles. The number of nitrogens with one attached hydrogen (secondary N) is 1. The van der Waals surface area contributed by atoms with E-state index in [0.717, 1.165) is 11.0 Å². The van der Waals surface area contributed by atoms with Crippen LogP contribution >= 0.6 is 0 Å². The number of nitrogens with zero attached hydrogens (tertiary/aromatic N) is 5. The first-order chi connectivity index (χ1) is 11.8. The smallest absolute Gasteiger partial charge is 0.352 e. The number of hydrogen-bond acceptors (Lipinski definition) is 9. The van der Waals surface area contributed by atoms with Crippen LogP contribution in [0, 0.1) is 0 Å². The molecule has 0 spiro atoms. The van der Waals surface area contributed by atoms with E-state index in [1.165, 1.54) is 0 Å². The Morgan fingerprint density at radius 2 is 2.12 bits per heavy atom. The average molecular weight is 372 g/mol. The molecule has 0 bridgehead atoms. The minimum Gasteiger partial charge on any atom is -0.477 e. The van der Waals surface area contributed by atoms with Gasteiger partial charge in [0.1, 0.15) is 24.6 Å². The van der Waals surface area contributed by atoms with Crippen LogP contribution in [0.1, 0.15) is 0 Å². The molecule has 0 radical (unpaired) electrons. The van der Waals surface area contributed by atoms with Crippen molar-refractivity contribution in [3.05, 3.63) is 17.6 Å². The molecule has 1 aromatic heterocycles. The molecule has 2 aliphatic rings. The second-order valence-corrected chi connectivity index (χ2v) is 7.47. The third-order valence-electron chi connectivity index (χ3n) is 3.77. The lowest BCUT2D eigenvalue weighted by atomic mass is 10.0. The highest BCUT2D eigenvalue weighted by molar-refractivity contribution is 7.92. The van der Waals surface area contributed by atoms with Gasteiger partial charge in [0, 0.05) is 5.57 Å². The van der Waals surface area contributed by atoms with E-state index in [9.17, 15) is 33.0 Å². The molecule has 0 saturated carbocycles. The SMILES string of the molecule is O=C(Cn1cnnn1)N[C@H]1C(=O)N2C(C(=O)O)=C(CO)CS(=O)(=O)[C@@H]12. The molecule has 3 rings (SSSR count). The van der Waals surface area contributed by atoms with Crippen LogP contribution in [0.4, 0.5) is 0 Å². The van der Waals surface area contributed by atoms with E-state index in [-0.39, 0.29) is 12.1 Å². The Hall–Kier alpha value is -2.87. The number of aliphatic carboxylic acids is 1. The van der Waals surface area contributed by atoms with Gasteiger partial charge in [0.15, 0.2) is 15.2 Å². The van der Waals surface area contributed by atoms with Crippen LogP contribution in [0.5, 0.6) is 0 Å². The van der Waals surface area contributed by atoms with Crippen LogP contribution in [0.15, 0.2) is 17.6 Å². The van der Waals surface area contributed by atoms with Crippen molar-refractivity contribution in [1.29, 1.82) is 0 Å². The molecule has 0 unspecified atom stereocenters. The van der Waals surface area contributed by atoms with E-state index in [1.54, 1.807) is 0 Å². The molecule has 1 fully saturated rings. The first-order valence-corrected chi connectivity index (χ1v) is 8.58. The molecule has 3 N–H and O–H groups in total. The molecule has 2 aliphatic heterocycles. The molecule has 13 nitrogen and oxygen atoms in total. The number of tetrazole rings is 1. The highest BCUT2D eigenvalue weighted by Gasteiger charge is 2.60. The third-order valence-corrected chi connectivity index (χ3v) is 5.74. The first-order valence-electron chi connectivity index (χ1n) is 6.87. The largest absolute Gasteiger partial charge is 0.477 e. The second-order valence-electron chi connectivity index (χ2n) is 5.37. The number of carbonyl (C=O) groups is 3. The normalized spacial score (nSPS) is 24.5. The number of fused-ring (bicyclic) bond motifs is 1. The van der Waals surface area contributed by atoms with Crippen molar-refractivity contribution in [3.8, 4) is 0 Å². The average Bonchev–Trinajstić information content (AvgIpc) is 3.03. The number of carboxylic acids is 1. The van der Waals surface area contributed by atoms with Gasteiger partial charge in [-0.3, -0.25) is 14.5 Å². The van der Waals surface area contributed by atoms with Gasteiger partial charge < -0.3 is 15.5 Å². The quantitative estimate of drug-likeness (QED) is 0.431. The minimum atomic E-state index is -3.98. The Labute approximate surface area is 139 Å². The number of carbonyl (C=O) groups excluding carboxylic acids is 2. The number of aliphatic hydroxyl groups excluding tert-OH is 1. The van der Waals surface area contributed by atoms with Gasteiger partial charge in [-0.05, 0) is 10.4 Å². The van der Waals surface area contributed by atoms with Crippen LogP contribution in [0.25, 0.3) is 0 Å². The predicted molar refractivity (Wildman–Crippen MR) is 75.9 cm³/mol. The number of sulfone groups is 1. The summed E-state index contributed by atoms with van der Waals surface area (Å²) in [5, 5.41) is 29.2. The Kier molecular flexibility index (Phi) is 4.00. The summed E-state index contributed by atoms with van der Waals surface area (Å²) in [4.78, 5) is 36.1. The van der Waals surface area contributed by atoms with Gasteiger partial charge in [0.2, 0.25) is 5.91 Å². The number of hydrogen-bond donors (Lipinski definition) is 3. The van der Waals surface area contributed by atoms with Crippen molar-refractivity contribution < 1.29 is 33.0 Å². The lowest BCUT2D eigenvalue weighted by Crippen LogP contribution is -2.75. The zero-order valence-electron chi connectivity index (χ0n) is 12.4. The summed E-state index contributed by atoms with van der Waals surface area (Å²) in [6.45, 7) is -1.15. The molecule has 1 saturated heterocycles. The van der Waals surface area contributed by atoms with E-state index in [2.05, 4.69) is 20.8 Å². The molecule has 14 heteroatoms. The maximum absolute atomic E-state index is 12.3. The van der Waals surface area contributed by atoms with Crippen molar-refractivity contribution in [1.82, 2.24) is 30.4 Å². The highest BCUT2D eigenvalue weighted by Crippen LogP contribution is 2.36. The molecule has 134 valence electrons. The molecule has 2 amide bonds. The fourth-order valence-electron chi connectivity index (χ4n) is 2.76. The van der Waals surface area contributed by atoms with Crippen LogP contribution in [0.3, 0.4) is 0 Å². The maximum atomic E-state index is 12.3. The van der Waals surface area contributed by atoms with Crippen molar-refractivity contribution in [2.24, 2.45) is 0 Å². The van der Waals surface area contributed by atoms with Gasteiger partial charge >= 0.3 is 5.97 Å². The Bertz CT molecular complexity index is 877. The molecular weight excluding hydrogens is 360 g/mol. The van der Waals surface area contributed by atoms with Crippen molar-refractivity contribution in [2.75, 3.05) is 12.4 Å². The number of aliphatic hydroxyl groups is 1. The van der Waals surface area contributed by atoms with Gasteiger partial charge in [-0.25, -0.2) is 17.9 Å². The third kappa shape index (κ3) is 2.74. The molecule has 0 aromatic carbocycles. The number of aromatic nitrogens is 4. The standard InChI is InChI=1S/C11H12N6O7S/c18-2-5-3-25(23,24)10-7(9(20)17(10)8(5)11(21)22)13-6(19)1-16-4-12-14-15-16/h4,7,10,18H,1-3H2,(H,13,19)(H,21,22)/t7-,10-/m0/s1. The summed E-state index contributed by atoms with van der Waals surface area (Å²) in [6.07, 6.45) is 1.16. The van der Waals surface area contributed by atoms with E-state index < -0.39 is 57.1 Å². The molecule has 0 aliphatic carbocycles. The zero-order chi connectivity index (χ0) is 18.4. The van der Waals surface area contributed by atoms with Crippen LogP contribution in [0.2, 0.25) is 0 Å². The number of rotatable bonds is 5. The zero-order valence-corrected chi connectivity index (χ0v) is 13.2. The van der Waals surface area contributed by atoms with Gasteiger partial charge in [-0.1, -0.05) is 0 Å². The summed E-state index contributed by atoms with van der Waals surface area (Å²) >= 11 is 0. The van der Waals surface area contributed by atoms with Crippen molar-refractivity contribution >= 4 is 27.6 Å². The predicted octanol–water partition coefficient (Wildman–Crippen LogP) is -3.91. The van der Waals surface area contributed by atoms with Gasteiger partial charge in [-0.2, -0.15) is 0 Å². The molecular formula is C11H12N6O7S. The Morgan fingerprint density at radius 1 is 1.40 bits per heavy atom. The fraction of sp³-hybridized carbons (Fsp3) is 0.455. The number of carboxylic acid groups (broad SMARTS) is 1. The summed E-state index contributed by atoms with van der Waals surface area (Å²) in [5.74, 6) is -3.84. The van der Waals surface area contributed by atoms with E-state index in [1.807, 2.05) is 0 Å². The van der Waals surface area contributed by atoms with Crippen LogP contribution < -0.4 is 5.32 Å². The van der Waals surface area contributed by atoms with Crippen LogP contribution in [-0.4, -0.2) is 85.3 Å². The van der Waals surface area contributed by atoms with E-state index in [0.29, 0.717) is 4.90 Å². The minimum absolute atomic E-state index is 0.282. The molecule has 1 aromatic rings. The lowest BCUT2D eigenvalue weighted by molar-refractivity contribution is -0.151. The lowest BCUT2D eigenvalue weighted by Gasteiger charge is -2.48. The number of β-lactam (4-membered cyclic amide) rings is 1. The van der Waals surface area contributed by atoms with E-state index in [4.69, 9.17) is 0 Å². The Morgan fingerprint density at radius 3 is 2.68 bits per heavy atom. The van der Waals surface area contributed by atoms with Gasteiger partial charge in [0.05, 0.1) is 12.4 Å². The summed E-state index contributed by atoms with van der Waals surface area (Å²) in [5.41, 5.74) is -0.853. The number of amides is 2. The Balaban J connectivity index is 1.84. The highest BCUT2D eigenvalue weighted by atomic mass is 32.2. The van der Waals surface area contributed by atoms with E-state index >= 15 is 0 Å². The first kappa shape index (κ1) is 17.0. The van der Waals surface area contributed by atoms with Gasteiger partial charge in [-0.15, -0.1) is 5.10 Å². The van der Waals surface area contributed by atoms with Crippen molar-refractivity contribution in [3.63, 3.8) is 0 Å². The fourth-order valence-corrected chi connectivity index (χ4v) is 4.78. The summed E-state index contributed by atoms with van der Waals surface area (Å²) < 4.78 is 25.7. The topological polar surface area (TPSA) is 185 Å². The summed E-state index contributed by atoms with van der Waals surface area (Å²) in [7, 11) is -3.98. The monoisotopic (exact) mass is 372 g/mol. The van der Waals surface area contributed by atoms with Crippen LogP contribution in [-0.2, 0) is 30.8 Å². The maximum Gasteiger partial charge on any atom is 0.352 e.